The number of aliphatic hydroxyl groups excluding tert-OH is 4. The van der Waals surface area contributed by atoms with Crippen LogP contribution in [-0.4, -0.2) is 138 Å². The summed E-state index contributed by atoms with van der Waals surface area (Å²) >= 11 is 0. The standard InChI is InChI=1S/C30H54O9.C6H14O3/c1-2-3-4-5-6-7-8-9-10-28-11-13-29(14-12-28)39-30(32)27-38-26-25-37-24-23-36-22-21-35-20-19-34-18-17-33-16-15-31;1-5(8)4-9-6(2)3-7/h11-14,30-32H,2-10,15-27H2,1H3;5-8H,3-4H2,1-2H3. The molecule has 12 nitrogen and oxygen atoms in total. The molecular formula is C36H68O12. The molecule has 284 valence electrons. The molecule has 12 heteroatoms. The van der Waals surface area contributed by atoms with E-state index in [9.17, 15) is 5.11 Å². The van der Waals surface area contributed by atoms with E-state index in [0.29, 0.717) is 85.0 Å². The van der Waals surface area contributed by atoms with Crippen LogP contribution in [0.25, 0.3) is 0 Å². The lowest BCUT2D eigenvalue weighted by molar-refractivity contribution is -0.0860. The van der Waals surface area contributed by atoms with Crippen molar-refractivity contribution in [1.29, 1.82) is 0 Å². The molecule has 0 aliphatic rings. The second-order valence-electron chi connectivity index (χ2n) is 11.5. The van der Waals surface area contributed by atoms with Crippen molar-refractivity contribution in [2.24, 2.45) is 0 Å². The summed E-state index contributed by atoms with van der Waals surface area (Å²) < 4.78 is 42.6. The van der Waals surface area contributed by atoms with Crippen molar-refractivity contribution in [2.45, 2.75) is 97.1 Å². The van der Waals surface area contributed by atoms with Gasteiger partial charge in [0.25, 0.3) is 0 Å². The van der Waals surface area contributed by atoms with E-state index in [4.69, 9.17) is 53.2 Å². The number of unbranched alkanes of at least 4 members (excludes halogenated alkanes) is 7. The van der Waals surface area contributed by atoms with Crippen molar-refractivity contribution in [3.63, 3.8) is 0 Å². The highest BCUT2D eigenvalue weighted by atomic mass is 16.6. The number of ether oxygens (including phenoxy) is 8. The van der Waals surface area contributed by atoms with E-state index in [-0.39, 0.29) is 25.9 Å². The number of aryl methyl sites for hydroxylation is 1. The predicted molar refractivity (Wildman–Crippen MR) is 186 cm³/mol. The first kappa shape index (κ1) is 46.6. The quantitative estimate of drug-likeness (QED) is 0.0611. The minimum absolute atomic E-state index is 0.00667. The van der Waals surface area contributed by atoms with E-state index in [2.05, 4.69) is 19.1 Å². The average Bonchev–Trinajstić information content (AvgIpc) is 3.08. The summed E-state index contributed by atoms with van der Waals surface area (Å²) in [6, 6.07) is 7.95. The Hall–Kier alpha value is -1.42. The largest absolute Gasteiger partial charge is 0.463 e. The van der Waals surface area contributed by atoms with Gasteiger partial charge >= 0.3 is 0 Å². The zero-order chi connectivity index (χ0) is 35.3. The topological polar surface area (TPSA) is 155 Å². The van der Waals surface area contributed by atoms with Crippen molar-refractivity contribution in [2.75, 3.05) is 99.1 Å². The molecule has 0 fully saturated rings. The van der Waals surface area contributed by atoms with Gasteiger partial charge in [-0.3, -0.25) is 0 Å². The van der Waals surface area contributed by atoms with Crippen LogP contribution in [0, 0.1) is 0 Å². The second-order valence-corrected chi connectivity index (χ2v) is 11.5. The maximum atomic E-state index is 10.0. The summed E-state index contributed by atoms with van der Waals surface area (Å²) in [4.78, 5) is 0. The van der Waals surface area contributed by atoms with E-state index in [1.165, 1.54) is 56.9 Å². The van der Waals surface area contributed by atoms with E-state index in [1.54, 1.807) is 13.8 Å². The SMILES string of the molecule is CC(O)COC(C)CO.CCCCCCCCCCc1ccc(OC(O)COCCOCCOCCOCCOCCOCCO)cc1. The van der Waals surface area contributed by atoms with Crippen LogP contribution in [0.5, 0.6) is 5.75 Å². The fraction of sp³-hybridized carbons (Fsp3) is 0.833. The molecule has 3 unspecified atom stereocenters. The summed E-state index contributed by atoms with van der Waals surface area (Å²) in [5.41, 5.74) is 1.30. The fourth-order valence-electron chi connectivity index (χ4n) is 4.09. The molecule has 1 aromatic carbocycles. The molecule has 0 heterocycles. The van der Waals surface area contributed by atoms with Crippen LogP contribution in [-0.2, 0) is 39.6 Å². The zero-order valence-electron chi connectivity index (χ0n) is 30.1. The third-order valence-electron chi connectivity index (χ3n) is 6.75. The monoisotopic (exact) mass is 692 g/mol. The Balaban J connectivity index is 0.00000213. The number of benzene rings is 1. The molecular weight excluding hydrogens is 624 g/mol. The molecule has 0 aromatic heterocycles. The zero-order valence-corrected chi connectivity index (χ0v) is 30.1. The van der Waals surface area contributed by atoms with Gasteiger partial charge in [-0.25, -0.2) is 0 Å². The Labute approximate surface area is 289 Å². The van der Waals surface area contributed by atoms with Gasteiger partial charge in [0.1, 0.15) is 12.4 Å². The Morgan fingerprint density at radius 2 is 1.02 bits per heavy atom. The molecule has 0 radical (unpaired) electrons. The van der Waals surface area contributed by atoms with Crippen LogP contribution in [0.15, 0.2) is 24.3 Å². The Morgan fingerprint density at radius 3 is 1.48 bits per heavy atom. The highest BCUT2D eigenvalue weighted by Gasteiger charge is 2.07. The first-order valence-corrected chi connectivity index (χ1v) is 17.8. The first-order valence-electron chi connectivity index (χ1n) is 17.8. The molecule has 0 aliphatic carbocycles. The molecule has 1 aromatic rings. The second kappa shape index (κ2) is 36.9. The van der Waals surface area contributed by atoms with Crippen molar-refractivity contribution in [3.8, 4) is 5.75 Å². The smallest absolute Gasteiger partial charge is 0.221 e. The minimum atomic E-state index is -1.02. The third kappa shape index (κ3) is 34.4. The van der Waals surface area contributed by atoms with Gasteiger partial charge in [-0.15, -0.1) is 0 Å². The van der Waals surface area contributed by atoms with Crippen LogP contribution in [0.4, 0.5) is 0 Å². The number of hydrogen-bond acceptors (Lipinski definition) is 12. The summed E-state index contributed by atoms with van der Waals surface area (Å²) in [7, 11) is 0. The van der Waals surface area contributed by atoms with Crippen molar-refractivity contribution < 1.29 is 58.3 Å². The predicted octanol–water partition coefficient (Wildman–Crippen LogP) is 3.92. The number of hydrogen-bond donors (Lipinski definition) is 4. The number of aliphatic hydroxyl groups is 4. The van der Waals surface area contributed by atoms with Gasteiger partial charge < -0.3 is 58.3 Å². The van der Waals surface area contributed by atoms with E-state index < -0.39 is 12.4 Å². The van der Waals surface area contributed by atoms with E-state index in [0.717, 1.165) is 6.42 Å². The van der Waals surface area contributed by atoms with Crippen molar-refractivity contribution in [1.82, 2.24) is 0 Å². The van der Waals surface area contributed by atoms with Gasteiger partial charge in [0, 0.05) is 0 Å². The molecule has 0 saturated carbocycles. The maximum Gasteiger partial charge on any atom is 0.221 e. The van der Waals surface area contributed by atoms with Crippen LogP contribution >= 0.6 is 0 Å². The molecule has 0 saturated heterocycles. The van der Waals surface area contributed by atoms with Gasteiger partial charge in [-0.05, 0) is 44.4 Å². The highest BCUT2D eigenvalue weighted by Crippen LogP contribution is 2.16. The number of rotatable bonds is 34. The lowest BCUT2D eigenvalue weighted by atomic mass is 10.0. The minimum Gasteiger partial charge on any atom is -0.463 e. The molecule has 1 rings (SSSR count). The summed E-state index contributed by atoms with van der Waals surface area (Å²) in [5.74, 6) is 0.638. The van der Waals surface area contributed by atoms with E-state index in [1.807, 2.05) is 12.1 Å². The van der Waals surface area contributed by atoms with Gasteiger partial charge in [-0.1, -0.05) is 64.0 Å². The van der Waals surface area contributed by atoms with Crippen LogP contribution in [0.3, 0.4) is 0 Å². The van der Waals surface area contributed by atoms with Crippen molar-refractivity contribution >= 4 is 0 Å². The van der Waals surface area contributed by atoms with Crippen molar-refractivity contribution in [3.05, 3.63) is 29.8 Å². The lowest BCUT2D eigenvalue weighted by Crippen LogP contribution is -2.23. The lowest BCUT2D eigenvalue weighted by Gasteiger charge is -2.14. The van der Waals surface area contributed by atoms with Gasteiger partial charge in [0.2, 0.25) is 6.29 Å². The summed E-state index contributed by atoms with van der Waals surface area (Å²) in [6.45, 7) is 11.0. The molecule has 0 bridgehead atoms. The Bertz CT molecular complexity index is 753. The summed E-state index contributed by atoms with van der Waals surface area (Å²) in [6.07, 6.45) is 10.0. The highest BCUT2D eigenvalue weighted by molar-refractivity contribution is 5.27. The molecule has 0 amide bonds. The van der Waals surface area contributed by atoms with Gasteiger partial charge in [0.15, 0.2) is 0 Å². The van der Waals surface area contributed by atoms with E-state index >= 15 is 0 Å². The maximum absolute atomic E-state index is 10.0. The molecule has 3 atom stereocenters. The molecule has 0 aliphatic heterocycles. The molecule has 4 N–H and O–H groups in total. The Kier molecular flexibility index (Phi) is 35.8. The Morgan fingerprint density at radius 1 is 0.562 bits per heavy atom. The average molecular weight is 693 g/mol. The van der Waals surface area contributed by atoms with Crippen LogP contribution in [0.2, 0.25) is 0 Å². The van der Waals surface area contributed by atoms with Gasteiger partial charge in [0.05, 0.1) is 105 Å². The molecule has 0 spiro atoms. The van der Waals surface area contributed by atoms with Crippen LogP contribution in [0.1, 0.15) is 77.7 Å². The normalized spacial score (nSPS) is 13.1. The first-order chi connectivity index (χ1) is 23.4. The fourth-order valence-corrected chi connectivity index (χ4v) is 4.09. The summed E-state index contributed by atoms with van der Waals surface area (Å²) in [5, 5.41) is 35.7. The van der Waals surface area contributed by atoms with Crippen LogP contribution < -0.4 is 4.74 Å². The van der Waals surface area contributed by atoms with Gasteiger partial charge in [-0.2, -0.15) is 0 Å². The third-order valence-corrected chi connectivity index (χ3v) is 6.75. The molecule has 48 heavy (non-hydrogen) atoms.